The van der Waals surface area contributed by atoms with Crippen molar-refractivity contribution in [2.24, 2.45) is 5.73 Å². The third-order valence-electron chi connectivity index (χ3n) is 3.55. The third kappa shape index (κ3) is 3.81. The molecule has 0 aromatic heterocycles. The topological polar surface area (TPSA) is 35.2 Å². The van der Waals surface area contributed by atoms with Gasteiger partial charge < -0.3 is 10.5 Å². The van der Waals surface area contributed by atoms with Crippen LogP contribution >= 0.6 is 15.9 Å². The molecule has 1 saturated carbocycles. The van der Waals surface area contributed by atoms with Crippen LogP contribution in [0.2, 0.25) is 0 Å². The van der Waals surface area contributed by atoms with Crippen molar-refractivity contribution >= 4 is 15.9 Å². The lowest BCUT2D eigenvalue weighted by molar-refractivity contribution is -0.0407. The van der Waals surface area contributed by atoms with Crippen LogP contribution in [0.15, 0.2) is 28.7 Å². The molecule has 2 atom stereocenters. The standard InChI is InChI=1S/C15H22BrNO/c1-11(17)15(12-6-5-7-13(16)10-12)18-14-8-3-2-4-9-14/h5-7,10-11,14-15H,2-4,8-9,17H2,1H3. The fourth-order valence-electron chi connectivity index (χ4n) is 2.60. The lowest BCUT2D eigenvalue weighted by atomic mass is 9.96. The summed E-state index contributed by atoms with van der Waals surface area (Å²) in [5.41, 5.74) is 7.27. The van der Waals surface area contributed by atoms with E-state index in [-0.39, 0.29) is 12.1 Å². The minimum Gasteiger partial charge on any atom is -0.369 e. The quantitative estimate of drug-likeness (QED) is 0.905. The van der Waals surface area contributed by atoms with Crippen molar-refractivity contribution in [3.63, 3.8) is 0 Å². The van der Waals surface area contributed by atoms with E-state index in [4.69, 9.17) is 10.5 Å². The Kier molecular flexibility index (Phi) is 5.22. The Hall–Kier alpha value is -0.380. The summed E-state index contributed by atoms with van der Waals surface area (Å²) in [7, 11) is 0. The molecule has 1 aliphatic rings. The number of nitrogens with two attached hydrogens (primary N) is 1. The van der Waals surface area contributed by atoms with E-state index in [0.29, 0.717) is 6.10 Å². The molecule has 1 aromatic carbocycles. The van der Waals surface area contributed by atoms with Gasteiger partial charge in [0.2, 0.25) is 0 Å². The zero-order valence-corrected chi connectivity index (χ0v) is 12.5. The normalized spacial score (nSPS) is 20.6. The van der Waals surface area contributed by atoms with Crippen LogP contribution < -0.4 is 5.73 Å². The fourth-order valence-corrected chi connectivity index (χ4v) is 3.02. The molecule has 0 bridgehead atoms. The predicted octanol–water partition coefficient (Wildman–Crippen LogP) is 4.19. The van der Waals surface area contributed by atoms with Crippen LogP contribution in [-0.2, 0) is 4.74 Å². The molecule has 18 heavy (non-hydrogen) atoms. The van der Waals surface area contributed by atoms with Gasteiger partial charge in [-0.1, -0.05) is 47.3 Å². The van der Waals surface area contributed by atoms with Gasteiger partial charge >= 0.3 is 0 Å². The molecule has 2 unspecified atom stereocenters. The predicted molar refractivity (Wildman–Crippen MR) is 78.5 cm³/mol. The first-order valence-corrected chi connectivity index (χ1v) is 7.62. The van der Waals surface area contributed by atoms with Crippen molar-refractivity contribution in [3.8, 4) is 0 Å². The summed E-state index contributed by atoms with van der Waals surface area (Å²) in [4.78, 5) is 0. The van der Waals surface area contributed by atoms with Gasteiger partial charge in [0, 0.05) is 10.5 Å². The number of hydrogen-bond acceptors (Lipinski definition) is 2. The van der Waals surface area contributed by atoms with Gasteiger partial charge in [0.15, 0.2) is 0 Å². The largest absolute Gasteiger partial charge is 0.369 e. The Bertz CT molecular complexity index is 375. The molecular formula is C15H22BrNO. The molecule has 0 amide bonds. The highest BCUT2D eigenvalue weighted by Crippen LogP contribution is 2.29. The van der Waals surface area contributed by atoms with E-state index in [1.165, 1.54) is 37.7 Å². The van der Waals surface area contributed by atoms with Gasteiger partial charge in [-0.25, -0.2) is 0 Å². The number of halogens is 1. The third-order valence-corrected chi connectivity index (χ3v) is 4.04. The van der Waals surface area contributed by atoms with E-state index in [1.54, 1.807) is 0 Å². The molecule has 1 aromatic rings. The molecule has 2 N–H and O–H groups in total. The minimum absolute atomic E-state index is 0.00519. The second-order valence-electron chi connectivity index (χ2n) is 5.23. The SMILES string of the molecule is CC(N)C(OC1CCCCC1)c1cccc(Br)c1. The maximum Gasteiger partial charge on any atom is 0.0977 e. The van der Waals surface area contributed by atoms with Gasteiger partial charge in [-0.05, 0) is 37.5 Å². The molecule has 0 heterocycles. The second-order valence-corrected chi connectivity index (χ2v) is 6.15. The first-order valence-electron chi connectivity index (χ1n) is 6.83. The van der Waals surface area contributed by atoms with Gasteiger partial charge in [-0.2, -0.15) is 0 Å². The summed E-state index contributed by atoms with van der Waals surface area (Å²) in [5, 5.41) is 0. The molecule has 1 fully saturated rings. The number of hydrogen-bond donors (Lipinski definition) is 1. The summed E-state index contributed by atoms with van der Waals surface area (Å²) >= 11 is 3.51. The Morgan fingerprint density at radius 3 is 2.61 bits per heavy atom. The second kappa shape index (κ2) is 6.69. The molecule has 0 aliphatic heterocycles. The molecule has 0 spiro atoms. The van der Waals surface area contributed by atoms with E-state index >= 15 is 0 Å². The molecular weight excluding hydrogens is 290 g/mol. The summed E-state index contributed by atoms with van der Waals surface area (Å²) in [6, 6.07) is 8.29. The maximum absolute atomic E-state index is 6.25. The highest BCUT2D eigenvalue weighted by Gasteiger charge is 2.23. The van der Waals surface area contributed by atoms with Crippen molar-refractivity contribution in [1.82, 2.24) is 0 Å². The van der Waals surface area contributed by atoms with E-state index in [1.807, 2.05) is 19.1 Å². The Morgan fingerprint density at radius 1 is 1.28 bits per heavy atom. The molecule has 0 radical (unpaired) electrons. The highest BCUT2D eigenvalue weighted by molar-refractivity contribution is 9.10. The van der Waals surface area contributed by atoms with E-state index in [2.05, 4.69) is 28.1 Å². The average Bonchev–Trinajstić information content (AvgIpc) is 2.37. The van der Waals surface area contributed by atoms with Crippen molar-refractivity contribution in [2.75, 3.05) is 0 Å². The first-order chi connectivity index (χ1) is 8.66. The number of benzene rings is 1. The molecule has 1 aliphatic carbocycles. The monoisotopic (exact) mass is 311 g/mol. The Labute approximate surface area is 118 Å². The van der Waals surface area contributed by atoms with Crippen LogP contribution in [0.5, 0.6) is 0 Å². The molecule has 100 valence electrons. The maximum atomic E-state index is 6.25. The van der Waals surface area contributed by atoms with Crippen molar-refractivity contribution < 1.29 is 4.74 Å². The van der Waals surface area contributed by atoms with E-state index < -0.39 is 0 Å². The Balaban J connectivity index is 2.07. The summed E-state index contributed by atoms with van der Waals surface area (Å²) < 4.78 is 7.33. The Morgan fingerprint density at radius 2 is 2.00 bits per heavy atom. The molecule has 2 nitrogen and oxygen atoms in total. The van der Waals surface area contributed by atoms with Gasteiger partial charge in [0.25, 0.3) is 0 Å². The van der Waals surface area contributed by atoms with Gasteiger partial charge in [0.1, 0.15) is 0 Å². The molecule has 3 heteroatoms. The summed E-state index contributed by atoms with van der Waals surface area (Å²) in [5.74, 6) is 0. The van der Waals surface area contributed by atoms with E-state index in [0.717, 1.165) is 4.47 Å². The van der Waals surface area contributed by atoms with Crippen molar-refractivity contribution in [1.29, 1.82) is 0 Å². The lowest BCUT2D eigenvalue weighted by Gasteiger charge is -2.30. The van der Waals surface area contributed by atoms with E-state index in [9.17, 15) is 0 Å². The first kappa shape index (κ1) is 14.0. The van der Waals surface area contributed by atoms with Crippen LogP contribution in [0.4, 0.5) is 0 Å². The minimum atomic E-state index is 0.00519. The summed E-state index contributed by atoms with van der Waals surface area (Å²) in [6.07, 6.45) is 6.66. The number of rotatable bonds is 4. The molecule has 2 rings (SSSR count). The van der Waals surface area contributed by atoms with Crippen LogP contribution in [-0.4, -0.2) is 12.1 Å². The lowest BCUT2D eigenvalue weighted by Crippen LogP contribution is -2.31. The average molecular weight is 312 g/mol. The molecule has 0 saturated heterocycles. The van der Waals surface area contributed by atoms with Crippen molar-refractivity contribution in [2.45, 2.75) is 57.3 Å². The highest BCUT2D eigenvalue weighted by atomic mass is 79.9. The number of ether oxygens (including phenoxy) is 1. The van der Waals surface area contributed by atoms with Crippen LogP contribution in [0.1, 0.15) is 50.7 Å². The van der Waals surface area contributed by atoms with Gasteiger partial charge in [-0.15, -0.1) is 0 Å². The summed E-state index contributed by atoms with van der Waals surface area (Å²) in [6.45, 7) is 2.02. The van der Waals surface area contributed by atoms with Crippen LogP contribution in [0, 0.1) is 0 Å². The van der Waals surface area contributed by atoms with Gasteiger partial charge in [0.05, 0.1) is 12.2 Å². The fraction of sp³-hybridized carbons (Fsp3) is 0.600. The van der Waals surface area contributed by atoms with Crippen LogP contribution in [0.3, 0.4) is 0 Å². The van der Waals surface area contributed by atoms with Crippen LogP contribution in [0.25, 0.3) is 0 Å². The van der Waals surface area contributed by atoms with Crippen molar-refractivity contribution in [3.05, 3.63) is 34.3 Å². The smallest absolute Gasteiger partial charge is 0.0977 e. The zero-order valence-electron chi connectivity index (χ0n) is 10.9. The van der Waals surface area contributed by atoms with Gasteiger partial charge in [-0.3, -0.25) is 0 Å². The zero-order chi connectivity index (χ0) is 13.0.